The van der Waals surface area contributed by atoms with E-state index < -0.39 is 5.82 Å². The summed E-state index contributed by atoms with van der Waals surface area (Å²) in [5, 5.41) is 3.26. The van der Waals surface area contributed by atoms with Gasteiger partial charge in [0.1, 0.15) is 0 Å². The lowest BCUT2D eigenvalue weighted by Crippen LogP contribution is -2.49. The van der Waals surface area contributed by atoms with Crippen molar-refractivity contribution in [3.8, 4) is 5.75 Å². The van der Waals surface area contributed by atoms with Gasteiger partial charge in [-0.3, -0.25) is 4.79 Å². The highest BCUT2D eigenvalue weighted by Gasteiger charge is 2.28. The highest BCUT2D eigenvalue weighted by Crippen LogP contribution is 2.22. The second kappa shape index (κ2) is 6.22. The first-order chi connectivity index (χ1) is 9.56. The fraction of sp³-hybridized carbons (Fsp3) is 0.533. The number of methoxy groups -OCH3 is 1. The lowest BCUT2D eigenvalue weighted by Gasteiger charge is -2.36. The molecule has 1 aromatic rings. The van der Waals surface area contributed by atoms with Crippen LogP contribution in [0.5, 0.6) is 5.75 Å². The third-order valence-corrected chi connectivity index (χ3v) is 3.96. The summed E-state index contributed by atoms with van der Waals surface area (Å²) < 4.78 is 18.5. The van der Waals surface area contributed by atoms with E-state index in [4.69, 9.17) is 4.74 Å². The molecule has 1 heterocycles. The molecule has 1 N–H and O–H groups in total. The van der Waals surface area contributed by atoms with Crippen molar-refractivity contribution in [1.82, 2.24) is 10.2 Å². The molecule has 110 valence electrons. The quantitative estimate of drug-likeness (QED) is 0.919. The summed E-state index contributed by atoms with van der Waals surface area (Å²) in [7, 11) is 3.35. The van der Waals surface area contributed by atoms with Gasteiger partial charge < -0.3 is 15.0 Å². The van der Waals surface area contributed by atoms with Crippen LogP contribution >= 0.6 is 0 Å². The SMILES string of the molecule is CNC1CCN(C(=O)c2ccc(OC)c(F)c2)CC1C. The summed E-state index contributed by atoms with van der Waals surface area (Å²) in [5.41, 5.74) is 0.374. The summed E-state index contributed by atoms with van der Waals surface area (Å²) in [5.74, 6) is -0.0749. The Hall–Kier alpha value is -1.62. The Morgan fingerprint density at radius 1 is 1.50 bits per heavy atom. The molecule has 0 aliphatic carbocycles. The van der Waals surface area contributed by atoms with Gasteiger partial charge in [0.25, 0.3) is 5.91 Å². The molecule has 0 bridgehead atoms. The predicted molar refractivity (Wildman–Crippen MR) is 75.5 cm³/mol. The number of ether oxygens (including phenoxy) is 1. The second-order valence-electron chi connectivity index (χ2n) is 5.26. The molecule has 1 aromatic carbocycles. The summed E-state index contributed by atoms with van der Waals surface area (Å²) in [4.78, 5) is 14.2. The number of halogens is 1. The molecule has 20 heavy (non-hydrogen) atoms. The largest absolute Gasteiger partial charge is 0.494 e. The van der Waals surface area contributed by atoms with Crippen LogP contribution in [-0.2, 0) is 0 Å². The average molecular weight is 280 g/mol. The molecule has 0 radical (unpaired) electrons. The first-order valence-corrected chi connectivity index (χ1v) is 6.87. The van der Waals surface area contributed by atoms with Gasteiger partial charge in [0, 0.05) is 24.7 Å². The van der Waals surface area contributed by atoms with Crippen LogP contribution < -0.4 is 10.1 Å². The van der Waals surface area contributed by atoms with Crippen LogP contribution in [0.1, 0.15) is 23.7 Å². The first-order valence-electron chi connectivity index (χ1n) is 6.87. The van der Waals surface area contributed by atoms with Gasteiger partial charge in [-0.2, -0.15) is 0 Å². The van der Waals surface area contributed by atoms with Crippen molar-refractivity contribution in [2.75, 3.05) is 27.2 Å². The molecular formula is C15H21FN2O2. The Balaban J connectivity index is 2.10. The lowest BCUT2D eigenvalue weighted by atomic mass is 9.93. The molecule has 4 nitrogen and oxygen atoms in total. The van der Waals surface area contributed by atoms with Crippen molar-refractivity contribution in [2.45, 2.75) is 19.4 Å². The third kappa shape index (κ3) is 2.93. The Morgan fingerprint density at radius 3 is 2.80 bits per heavy atom. The highest BCUT2D eigenvalue weighted by atomic mass is 19.1. The fourth-order valence-corrected chi connectivity index (χ4v) is 2.74. The molecule has 0 saturated carbocycles. The monoisotopic (exact) mass is 280 g/mol. The third-order valence-electron chi connectivity index (χ3n) is 3.96. The Bertz CT molecular complexity index is 493. The first kappa shape index (κ1) is 14.8. The van der Waals surface area contributed by atoms with E-state index in [1.165, 1.54) is 19.2 Å². The van der Waals surface area contributed by atoms with Crippen molar-refractivity contribution in [3.05, 3.63) is 29.6 Å². The number of amides is 1. The summed E-state index contributed by atoms with van der Waals surface area (Å²) in [6, 6.07) is 4.79. The lowest BCUT2D eigenvalue weighted by molar-refractivity contribution is 0.0648. The van der Waals surface area contributed by atoms with Gasteiger partial charge in [0.05, 0.1) is 7.11 Å². The molecule has 1 aliphatic rings. The molecule has 2 rings (SSSR count). The van der Waals surface area contributed by atoms with E-state index >= 15 is 0 Å². The minimum absolute atomic E-state index is 0.118. The number of piperidine rings is 1. The molecule has 0 spiro atoms. The van der Waals surface area contributed by atoms with Crippen molar-refractivity contribution < 1.29 is 13.9 Å². The summed E-state index contributed by atoms with van der Waals surface area (Å²) >= 11 is 0. The summed E-state index contributed by atoms with van der Waals surface area (Å²) in [6.07, 6.45) is 0.919. The maximum atomic E-state index is 13.7. The van der Waals surface area contributed by atoms with Crippen LogP contribution in [-0.4, -0.2) is 44.1 Å². The van der Waals surface area contributed by atoms with Gasteiger partial charge in [-0.1, -0.05) is 6.92 Å². The Morgan fingerprint density at radius 2 is 2.25 bits per heavy atom. The average Bonchev–Trinajstić information content (AvgIpc) is 2.46. The molecular weight excluding hydrogens is 259 g/mol. The molecule has 2 unspecified atom stereocenters. The second-order valence-corrected chi connectivity index (χ2v) is 5.26. The van der Waals surface area contributed by atoms with E-state index in [0.29, 0.717) is 30.6 Å². The Kier molecular flexibility index (Phi) is 4.60. The number of rotatable bonds is 3. The molecule has 0 aromatic heterocycles. The van der Waals surface area contributed by atoms with E-state index in [1.54, 1.807) is 11.0 Å². The number of hydrogen-bond donors (Lipinski definition) is 1. The van der Waals surface area contributed by atoms with Crippen LogP contribution in [0.4, 0.5) is 4.39 Å². The molecule has 1 saturated heterocycles. The van der Waals surface area contributed by atoms with Crippen molar-refractivity contribution in [2.24, 2.45) is 5.92 Å². The molecule has 1 amide bonds. The standard InChI is InChI=1S/C15H21FN2O2/c1-10-9-18(7-6-13(10)17-2)15(19)11-4-5-14(20-3)12(16)8-11/h4-5,8,10,13,17H,6-7,9H2,1-3H3. The zero-order valence-electron chi connectivity index (χ0n) is 12.1. The normalized spacial score (nSPS) is 22.7. The van der Waals surface area contributed by atoms with Gasteiger partial charge >= 0.3 is 0 Å². The van der Waals surface area contributed by atoms with E-state index in [2.05, 4.69) is 12.2 Å². The number of nitrogens with zero attached hydrogens (tertiary/aromatic N) is 1. The van der Waals surface area contributed by atoms with Gasteiger partial charge in [0.2, 0.25) is 0 Å². The van der Waals surface area contributed by atoms with E-state index in [1.807, 2.05) is 7.05 Å². The number of likely N-dealkylation sites (tertiary alicyclic amines) is 1. The van der Waals surface area contributed by atoms with Crippen LogP contribution in [0.15, 0.2) is 18.2 Å². The van der Waals surface area contributed by atoms with Crippen LogP contribution in [0.2, 0.25) is 0 Å². The number of nitrogens with one attached hydrogen (secondary N) is 1. The number of carbonyl (C=O) groups excluding carboxylic acids is 1. The van der Waals surface area contributed by atoms with Gasteiger partial charge in [0.15, 0.2) is 11.6 Å². The zero-order valence-corrected chi connectivity index (χ0v) is 12.1. The van der Waals surface area contributed by atoms with Crippen molar-refractivity contribution in [3.63, 3.8) is 0 Å². The van der Waals surface area contributed by atoms with Crippen molar-refractivity contribution in [1.29, 1.82) is 0 Å². The molecule has 1 fully saturated rings. The molecule has 2 atom stereocenters. The molecule has 5 heteroatoms. The Labute approximate surface area is 118 Å². The maximum absolute atomic E-state index is 13.7. The fourth-order valence-electron chi connectivity index (χ4n) is 2.74. The summed E-state index contributed by atoms with van der Waals surface area (Å²) in [6.45, 7) is 3.51. The van der Waals surface area contributed by atoms with E-state index in [9.17, 15) is 9.18 Å². The number of carbonyl (C=O) groups is 1. The van der Waals surface area contributed by atoms with Crippen LogP contribution in [0, 0.1) is 11.7 Å². The van der Waals surface area contributed by atoms with Crippen LogP contribution in [0.25, 0.3) is 0 Å². The molecule has 1 aliphatic heterocycles. The van der Waals surface area contributed by atoms with Gasteiger partial charge in [-0.25, -0.2) is 4.39 Å². The minimum atomic E-state index is -0.503. The van der Waals surface area contributed by atoms with Gasteiger partial charge in [-0.15, -0.1) is 0 Å². The highest BCUT2D eigenvalue weighted by molar-refractivity contribution is 5.94. The minimum Gasteiger partial charge on any atom is -0.494 e. The van der Waals surface area contributed by atoms with Gasteiger partial charge in [-0.05, 0) is 37.6 Å². The number of hydrogen-bond acceptors (Lipinski definition) is 3. The maximum Gasteiger partial charge on any atom is 0.253 e. The van der Waals surface area contributed by atoms with Crippen molar-refractivity contribution >= 4 is 5.91 Å². The van der Waals surface area contributed by atoms with E-state index in [0.717, 1.165) is 6.42 Å². The number of benzene rings is 1. The predicted octanol–water partition coefficient (Wildman–Crippen LogP) is 1.90. The van der Waals surface area contributed by atoms with Crippen LogP contribution in [0.3, 0.4) is 0 Å². The zero-order chi connectivity index (χ0) is 14.7. The topological polar surface area (TPSA) is 41.6 Å². The smallest absolute Gasteiger partial charge is 0.253 e. The van der Waals surface area contributed by atoms with E-state index in [-0.39, 0.29) is 11.7 Å².